The summed E-state index contributed by atoms with van der Waals surface area (Å²) >= 11 is 0. The molecule has 0 aromatic carbocycles. The summed E-state index contributed by atoms with van der Waals surface area (Å²) in [6, 6.07) is 0.448. The number of hydrogen-bond acceptors (Lipinski definition) is 2. The van der Waals surface area contributed by atoms with Crippen LogP contribution in [0.4, 0.5) is 13.2 Å². The van der Waals surface area contributed by atoms with Gasteiger partial charge < -0.3 is 9.72 Å². The largest absolute Gasteiger partial charge is 0.482 e. The van der Waals surface area contributed by atoms with Gasteiger partial charge in [-0.3, -0.25) is 4.79 Å². The third-order valence-corrected chi connectivity index (χ3v) is 1.42. The predicted molar refractivity (Wildman–Crippen MR) is 38.5 cm³/mol. The van der Waals surface area contributed by atoms with Crippen molar-refractivity contribution in [2.24, 2.45) is 0 Å². The van der Waals surface area contributed by atoms with Crippen LogP contribution in [0.3, 0.4) is 0 Å². The van der Waals surface area contributed by atoms with Crippen LogP contribution in [0.1, 0.15) is 12.0 Å². The number of hydrogen-bond donors (Lipinski definition) is 1. The molecule has 0 radical (unpaired) electrons. The summed E-state index contributed by atoms with van der Waals surface area (Å²) < 4.78 is 41.2. The second kappa shape index (κ2) is 3.51. The number of ether oxygens (including phenoxy) is 1. The summed E-state index contributed by atoms with van der Waals surface area (Å²) in [6.07, 6.45) is -2.99. The molecule has 0 bridgehead atoms. The van der Waals surface area contributed by atoms with E-state index in [9.17, 15) is 18.0 Å². The second-order valence-corrected chi connectivity index (χ2v) is 2.23. The zero-order valence-corrected chi connectivity index (χ0v) is 6.61. The highest BCUT2D eigenvalue weighted by molar-refractivity contribution is 5.26. The van der Waals surface area contributed by atoms with Crippen molar-refractivity contribution in [3.8, 4) is 5.88 Å². The van der Waals surface area contributed by atoms with E-state index >= 15 is 0 Å². The maximum Gasteiger partial charge on any atom is 0.272 e. The highest BCUT2D eigenvalue weighted by atomic mass is 19.3. The Kier molecular flexibility index (Phi) is 2.60. The lowest BCUT2D eigenvalue weighted by atomic mass is 10.2. The van der Waals surface area contributed by atoms with Crippen LogP contribution >= 0.6 is 0 Å². The number of nitrogens with one attached hydrogen (secondary N) is 1. The minimum Gasteiger partial charge on any atom is -0.482 e. The second-order valence-electron chi connectivity index (χ2n) is 2.23. The molecule has 0 unspecified atom stereocenters. The van der Waals surface area contributed by atoms with E-state index in [0.29, 0.717) is 6.07 Å². The smallest absolute Gasteiger partial charge is 0.272 e. The third kappa shape index (κ3) is 1.82. The van der Waals surface area contributed by atoms with Crippen LogP contribution in [0.15, 0.2) is 10.9 Å². The fraction of sp³-hybridized carbons (Fsp3) is 0.286. The maximum absolute atomic E-state index is 12.5. The molecule has 0 saturated carbocycles. The van der Waals surface area contributed by atoms with Gasteiger partial charge in [-0.1, -0.05) is 0 Å². The molecule has 13 heavy (non-hydrogen) atoms. The van der Waals surface area contributed by atoms with Gasteiger partial charge in [0.2, 0.25) is 5.88 Å². The van der Waals surface area contributed by atoms with Crippen LogP contribution in [-0.2, 0) is 0 Å². The average molecular weight is 193 g/mol. The average Bonchev–Trinajstić information content (AvgIpc) is 2.01. The molecule has 0 aliphatic heterocycles. The van der Waals surface area contributed by atoms with Crippen molar-refractivity contribution in [3.63, 3.8) is 0 Å². The van der Waals surface area contributed by atoms with Gasteiger partial charge in [-0.25, -0.2) is 8.78 Å². The monoisotopic (exact) mass is 193 g/mol. The van der Waals surface area contributed by atoms with E-state index < -0.39 is 29.2 Å². The van der Waals surface area contributed by atoms with E-state index in [-0.39, 0.29) is 0 Å². The molecule has 6 heteroatoms. The van der Waals surface area contributed by atoms with E-state index in [4.69, 9.17) is 0 Å². The van der Waals surface area contributed by atoms with Crippen molar-refractivity contribution in [1.82, 2.24) is 4.98 Å². The number of methoxy groups -OCH3 is 1. The molecule has 1 heterocycles. The molecule has 0 atom stereocenters. The van der Waals surface area contributed by atoms with Gasteiger partial charge in [-0.15, -0.1) is 0 Å². The quantitative estimate of drug-likeness (QED) is 0.722. The Balaban J connectivity index is 3.39. The van der Waals surface area contributed by atoms with Gasteiger partial charge in [0.1, 0.15) is 5.56 Å². The Morgan fingerprint density at radius 1 is 1.54 bits per heavy atom. The minimum absolute atomic E-state index is 0.448. The Hall–Kier alpha value is -1.46. The Labute approximate surface area is 71.2 Å². The van der Waals surface area contributed by atoms with E-state index in [1.165, 1.54) is 0 Å². The van der Waals surface area contributed by atoms with E-state index in [0.717, 1.165) is 7.11 Å². The lowest BCUT2D eigenvalue weighted by Crippen LogP contribution is -2.13. The molecule has 0 saturated heterocycles. The predicted octanol–water partition coefficient (Wildman–Crippen LogP) is 1.46. The van der Waals surface area contributed by atoms with E-state index in [2.05, 4.69) is 4.74 Å². The number of pyridine rings is 1. The Bertz CT molecular complexity index is 361. The molecule has 1 N–H and O–H groups in total. The summed E-state index contributed by atoms with van der Waals surface area (Å²) in [5, 5.41) is 0. The van der Waals surface area contributed by atoms with Gasteiger partial charge >= 0.3 is 0 Å². The van der Waals surface area contributed by atoms with Crippen molar-refractivity contribution in [1.29, 1.82) is 0 Å². The Morgan fingerprint density at radius 3 is 2.62 bits per heavy atom. The summed E-state index contributed by atoms with van der Waals surface area (Å²) in [4.78, 5) is 12.7. The van der Waals surface area contributed by atoms with Crippen molar-refractivity contribution >= 4 is 0 Å². The standard InChI is InChI=1S/C7H6F3NO2/c1-13-7-5(6(9)10)3(12)2-4(8)11-7/h2,6H,1H3,(H,11,12). The summed E-state index contributed by atoms with van der Waals surface area (Å²) in [5.41, 5.74) is -1.94. The van der Waals surface area contributed by atoms with E-state index in [1.807, 2.05) is 4.98 Å². The van der Waals surface area contributed by atoms with Gasteiger partial charge in [0.15, 0.2) is 11.4 Å². The fourth-order valence-electron chi connectivity index (χ4n) is 0.884. The first-order valence-corrected chi connectivity index (χ1v) is 3.31. The number of aromatic amines is 1. The first kappa shape index (κ1) is 9.63. The van der Waals surface area contributed by atoms with Gasteiger partial charge in [0, 0.05) is 6.07 Å². The van der Waals surface area contributed by atoms with Crippen LogP contribution in [-0.4, -0.2) is 12.1 Å². The molecular formula is C7H6F3NO2. The third-order valence-electron chi connectivity index (χ3n) is 1.42. The Morgan fingerprint density at radius 2 is 2.15 bits per heavy atom. The zero-order valence-electron chi connectivity index (χ0n) is 6.61. The SMILES string of the molecule is COc1[nH]c(F)cc(=O)c1C(F)F. The minimum atomic E-state index is -2.99. The first-order valence-electron chi connectivity index (χ1n) is 3.31. The van der Waals surface area contributed by atoms with Crippen LogP contribution in [0.25, 0.3) is 0 Å². The van der Waals surface area contributed by atoms with Crippen molar-refractivity contribution in [2.75, 3.05) is 7.11 Å². The summed E-state index contributed by atoms with van der Waals surface area (Å²) in [6.45, 7) is 0. The highest BCUT2D eigenvalue weighted by Gasteiger charge is 2.19. The molecule has 0 spiro atoms. The lowest BCUT2D eigenvalue weighted by molar-refractivity contribution is 0.144. The van der Waals surface area contributed by atoms with Gasteiger partial charge in [-0.05, 0) is 0 Å². The number of alkyl halides is 2. The lowest BCUT2D eigenvalue weighted by Gasteiger charge is -2.05. The number of aromatic nitrogens is 1. The van der Waals surface area contributed by atoms with Crippen molar-refractivity contribution < 1.29 is 17.9 Å². The molecule has 1 rings (SSSR count). The molecule has 1 aromatic rings. The number of halogens is 3. The molecule has 0 aliphatic carbocycles. The van der Waals surface area contributed by atoms with Crippen LogP contribution in [0, 0.1) is 5.95 Å². The summed E-state index contributed by atoms with van der Waals surface area (Å²) in [7, 11) is 1.07. The molecule has 0 fully saturated rings. The highest BCUT2D eigenvalue weighted by Crippen LogP contribution is 2.23. The van der Waals surface area contributed by atoms with Gasteiger partial charge in [-0.2, -0.15) is 4.39 Å². The molecule has 3 nitrogen and oxygen atoms in total. The fourth-order valence-corrected chi connectivity index (χ4v) is 0.884. The molecule has 72 valence electrons. The normalized spacial score (nSPS) is 10.5. The van der Waals surface area contributed by atoms with Crippen LogP contribution in [0.5, 0.6) is 5.88 Å². The van der Waals surface area contributed by atoms with Crippen molar-refractivity contribution in [3.05, 3.63) is 27.8 Å². The molecular weight excluding hydrogens is 187 g/mol. The van der Waals surface area contributed by atoms with Crippen LogP contribution < -0.4 is 10.2 Å². The maximum atomic E-state index is 12.5. The molecule has 0 amide bonds. The first-order chi connectivity index (χ1) is 6.06. The number of rotatable bonds is 2. The van der Waals surface area contributed by atoms with Crippen LogP contribution in [0.2, 0.25) is 0 Å². The van der Waals surface area contributed by atoms with Gasteiger partial charge in [0.05, 0.1) is 7.11 Å². The molecule has 1 aromatic heterocycles. The zero-order chi connectivity index (χ0) is 10.0. The van der Waals surface area contributed by atoms with Gasteiger partial charge in [0.25, 0.3) is 6.43 Å². The summed E-state index contributed by atoms with van der Waals surface area (Å²) in [5.74, 6) is -1.55. The topological polar surface area (TPSA) is 42.1 Å². The number of H-pyrrole nitrogens is 1. The van der Waals surface area contributed by atoms with Crippen molar-refractivity contribution in [2.45, 2.75) is 6.43 Å². The van der Waals surface area contributed by atoms with E-state index in [1.54, 1.807) is 0 Å². The molecule has 0 aliphatic rings.